The van der Waals surface area contributed by atoms with Gasteiger partial charge in [-0.3, -0.25) is 0 Å². The van der Waals surface area contributed by atoms with Crippen LogP contribution in [0.5, 0.6) is 0 Å². The van der Waals surface area contributed by atoms with Crippen molar-refractivity contribution in [3.63, 3.8) is 0 Å². The normalized spacial score (nSPS) is 38.4. The molecule has 1 saturated carbocycles. The van der Waals surface area contributed by atoms with Gasteiger partial charge in [0.25, 0.3) is 0 Å². The molecule has 2 rings (SSSR count). The number of hydrogen-bond acceptors (Lipinski definition) is 2. The standard InChI is InChI=1S/C13H24O2/c1-2-12-4-3-7-13(12,14)10-11-5-8-15-9-6-11/h11-12,14H,2-10H2,1H3. The van der Waals surface area contributed by atoms with Crippen LogP contribution < -0.4 is 0 Å². The molecular formula is C13H24O2. The van der Waals surface area contributed by atoms with Crippen molar-refractivity contribution in [3.05, 3.63) is 0 Å². The van der Waals surface area contributed by atoms with E-state index in [1.807, 2.05) is 0 Å². The second-order valence-corrected chi connectivity index (χ2v) is 5.36. The lowest BCUT2D eigenvalue weighted by Gasteiger charge is -2.34. The summed E-state index contributed by atoms with van der Waals surface area (Å²) in [6.45, 7) is 4.01. The second kappa shape index (κ2) is 4.84. The minimum absolute atomic E-state index is 0.337. The van der Waals surface area contributed by atoms with E-state index in [0.717, 1.165) is 45.3 Å². The van der Waals surface area contributed by atoms with Crippen LogP contribution in [0.2, 0.25) is 0 Å². The molecule has 1 aliphatic carbocycles. The summed E-state index contributed by atoms with van der Waals surface area (Å²) in [6, 6.07) is 0. The van der Waals surface area contributed by atoms with Crippen molar-refractivity contribution in [3.8, 4) is 0 Å². The molecule has 0 amide bonds. The third-order valence-corrected chi connectivity index (χ3v) is 4.40. The van der Waals surface area contributed by atoms with Gasteiger partial charge in [0.2, 0.25) is 0 Å². The van der Waals surface area contributed by atoms with Gasteiger partial charge >= 0.3 is 0 Å². The Kier molecular flexibility index (Phi) is 3.68. The predicted molar refractivity (Wildman–Crippen MR) is 60.7 cm³/mol. The molecule has 0 spiro atoms. The summed E-state index contributed by atoms with van der Waals surface area (Å²) in [4.78, 5) is 0. The number of aliphatic hydroxyl groups is 1. The average molecular weight is 212 g/mol. The van der Waals surface area contributed by atoms with Gasteiger partial charge in [0.15, 0.2) is 0 Å². The Bertz CT molecular complexity index is 199. The fraction of sp³-hybridized carbons (Fsp3) is 1.00. The maximum absolute atomic E-state index is 10.7. The number of ether oxygens (including phenoxy) is 1. The molecule has 2 fully saturated rings. The Balaban J connectivity index is 1.90. The third kappa shape index (κ3) is 2.54. The molecule has 2 aliphatic rings. The van der Waals surface area contributed by atoms with Crippen molar-refractivity contribution < 1.29 is 9.84 Å². The van der Waals surface area contributed by atoms with Crippen molar-refractivity contribution in [2.45, 2.75) is 57.5 Å². The van der Waals surface area contributed by atoms with E-state index in [-0.39, 0.29) is 5.60 Å². The lowest BCUT2D eigenvalue weighted by atomic mass is 9.79. The second-order valence-electron chi connectivity index (χ2n) is 5.36. The smallest absolute Gasteiger partial charge is 0.0678 e. The van der Waals surface area contributed by atoms with Crippen LogP contribution in [0.3, 0.4) is 0 Å². The molecule has 88 valence electrons. The van der Waals surface area contributed by atoms with Crippen molar-refractivity contribution in [2.75, 3.05) is 13.2 Å². The van der Waals surface area contributed by atoms with Crippen molar-refractivity contribution in [2.24, 2.45) is 11.8 Å². The summed E-state index contributed by atoms with van der Waals surface area (Å²) in [5.41, 5.74) is -0.337. The maximum Gasteiger partial charge on any atom is 0.0678 e. The van der Waals surface area contributed by atoms with Gasteiger partial charge in [-0.25, -0.2) is 0 Å². The maximum atomic E-state index is 10.7. The van der Waals surface area contributed by atoms with E-state index in [1.54, 1.807) is 0 Å². The van der Waals surface area contributed by atoms with Crippen LogP contribution in [-0.2, 0) is 4.74 Å². The van der Waals surface area contributed by atoms with Crippen molar-refractivity contribution in [1.82, 2.24) is 0 Å². The Hall–Kier alpha value is -0.0800. The van der Waals surface area contributed by atoms with Crippen LogP contribution in [0.1, 0.15) is 51.9 Å². The Morgan fingerprint density at radius 2 is 2.00 bits per heavy atom. The number of rotatable bonds is 3. The van der Waals surface area contributed by atoms with E-state index >= 15 is 0 Å². The van der Waals surface area contributed by atoms with Crippen LogP contribution in [0.25, 0.3) is 0 Å². The van der Waals surface area contributed by atoms with Gasteiger partial charge in [-0.15, -0.1) is 0 Å². The molecule has 0 aromatic carbocycles. The fourth-order valence-corrected chi connectivity index (χ4v) is 3.43. The van der Waals surface area contributed by atoms with E-state index in [9.17, 15) is 5.11 Å². The summed E-state index contributed by atoms with van der Waals surface area (Å²) in [6.07, 6.45) is 7.95. The first-order valence-electron chi connectivity index (χ1n) is 6.55. The van der Waals surface area contributed by atoms with Gasteiger partial charge < -0.3 is 9.84 Å². The Morgan fingerprint density at radius 1 is 1.27 bits per heavy atom. The van der Waals surface area contributed by atoms with E-state index in [0.29, 0.717) is 11.8 Å². The van der Waals surface area contributed by atoms with Crippen molar-refractivity contribution >= 4 is 0 Å². The quantitative estimate of drug-likeness (QED) is 0.779. The van der Waals surface area contributed by atoms with Gasteiger partial charge in [-0.2, -0.15) is 0 Å². The monoisotopic (exact) mass is 212 g/mol. The van der Waals surface area contributed by atoms with Crippen LogP contribution in [0, 0.1) is 11.8 Å². The first-order chi connectivity index (χ1) is 7.24. The van der Waals surface area contributed by atoms with E-state index < -0.39 is 0 Å². The molecule has 0 radical (unpaired) electrons. The van der Waals surface area contributed by atoms with Gasteiger partial charge in [-0.05, 0) is 43.9 Å². The molecule has 0 bridgehead atoms. The van der Waals surface area contributed by atoms with Gasteiger partial charge in [0, 0.05) is 13.2 Å². The van der Waals surface area contributed by atoms with E-state index in [1.165, 1.54) is 12.8 Å². The van der Waals surface area contributed by atoms with E-state index in [4.69, 9.17) is 4.74 Å². The van der Waals surface area contributed by atoms with Crippen molar-refractivity contribution in [1.29, 1.82) is 0 Å². The highest BCUT2D eigenvalue weighted by atomic mass is 16.5. The summed E-state index contributed by atoms with van der Waals surface area (Å²) >= 11 is 0. The summed E-state index contributed by atoms with van der Waals surface area (Å²) in [5.74, 6) is 1.26. The molecule has 1 N–H and O–H groups in total. The molecular weight excluding hydrogens is 188 g/mol. The first-order valence-corrected chi connectivity index (χ1v) is 6.55. The molecule has 2 unspecified atom stereocenters. The highest BCUT2D eigenvalue weighted by molar-refractivity contribution is 4.93. The molecule has 1 heterocycles. The zero-order valence-electron chi connectivity index (χ0n) is 9.87. The molecule has 2 heteroatoms. The van der Waals surface area contributed by atoms with Crippen LogP contribution in [0.15, 0.2) is 0 Å². The number of hydrogen-bond donors (Lipinski definition) is 1. The zero-order chi connectivity index (χ0) is 10.7. The van der Waals surface area contributed by atoms with E-state index in [2.05, 4.69) is 6.92 Å². The van der Waals surface area contributed by atoms with Crippen LogP contribution in [0.4, 0.5) is 0 Å². The van der Waals surface area contributed by atoms with Crippen LogP contribution in [-0.4, -0.2) is 23.9 Å². The summed E-state index contributed by atoms with van der Waals surface area (Å²) in [5, 5.41) is 10.7. The average Bonchev–Trinajstić information content (AvgIpc) is 2.60. The zero-order valence-corrected chi connectivity index (χ0v) is 9.87. The highest BCUT2D eigenvalue weighted by Gasteiger charge is 2.41. The fourth-order valence-electron chi connectivity index (χ4n) is 3.43. The summed E-state index contributed by atoms with van der Waals surface area (Å²) in [7, 11) is 0. The molecule has 15 heavy (non-hydrogen) atoms. The minimum atomic E-state index is -0.337. The summed E-state index contributed by atoms with van der Waals surface area (Å²) < 4.78 is 5.37. The lowest BCUT2D eigenvalue weighted by Crippen LogP contribution is -2.36. The molecule has 2 atom stereocenters. The van der Waals surface area contributed by atoms with Crippen LogP contribution >= 0.6 is 0 Å². The largest absolute Gasteiger partial charge is 0.390 e. The Morgan fingerprint density at radius 3 is 2.67 bits per heavy atom. The molecule has 0 aromatic heterocycles. The molecule has 1 aliphatic heterocycles. The van der Waals surface area contributed by atoms with Gasteiger partial charge in [0.05, 0.1) is 5.60 Å². The molecule has 0 aromatic rings. The topological polar surface area (TPSA) is 29.5 Å². The third-order valence-electron chi connectivity index (χ3n) is 4.40. The lowest BCUT2D eigenvalue weighted by molar-refractivity contribution is -0.0386. The minimum Gasteiger partial charge on any atom is -0.390 e. The SMILES string of the molecule is CCC1CCCC1(O)CC1CCOCC1. The molecule has 2 nitrogen and oxygen atoms in total. The predicted octanol–water partition coefficient (Wildman–Crippen LogP) is 2.74. The first kappa shape index (κ1) is 11.4. The molecule has 1 saturated heterocycles. The highest BCUT2D eigenvalue weighted by Crippen LogP contribution is 2.43. The van der Waals surface area contributed by atoms with Gasteiger partial charge in [0.1, 0.15) is 0 Å². The van der Waals surface area contributed by atoms with Gasteiger partial charge in [-0.1, -0.05) is 19.8 Å². The Labute approximate surface area is 93.0 Å².